The Bertz CT molecular complexity index is 63.2. The molecule has 1 radical (unpaired) electrons. The molecular weight excluding hydrogens is 80.0 g/mol. The largest absolute Gasteiger partial charge is 0.336 e. The average Bonchev–Trinajstić information content (AvgIpc) is 1.86. The predicted octanol–water partition coefficient (Wildman–Crippen LogP) is -0.539. The molecule has 33 valence electrons. The summed E-state index contributed by atoms with van der Waals surface area (Å²) in [6, 6.07) is -0.102. The third kappa shape index (κ3) is 0.429. The lowest BCUT2D eigenvalue weighted by Gasteiger charge is -1.80. The van der Waals surface area contributed by atoms with Crippen LogP contribution in [0.2, 0.25) is 0 Å². The van der Waals surface area contributed by atoms with Crippen LogP contribution in [0, 0.1) is 6.54 Å². The molecule has 2 N–H and O–H groups in total. The van der Waals surface area contributed by atoms with E-state index in [9.17, 15) is 4.79 Å². The molecule has 1 aliphatic rings. The molecule has 0 aliphatic carbocycles. The van der Waals surface area contributed by atoms with E-state index >= 15 is 0 Å². The highest BCUT2D eigenvalue weighted by atomic mass is 16.2. The molecule has 1 fully saturated rings. The Morgan fingerprint density at radius 1 is 1.83 bits per heavy atom. The first-order chi connectivity index (χ1) is 2.89. The number of carbonyl (C=O) groups is 1. The van der Waals surface area contributed by atoms with Gasteiger partial charge in [0.15, 0.2) is 0 Å². The van der Waals surface area contributed by atoms with Crippen LogP contribution >= 0.6 is 0 Å². The van der Waals surface area contributed by atoms with E-state index in [0.29, 0.717) is 6.54 Å². The Hall–Kier alpha value is -0.730. The van der Waals surface area contributed by atoms with Gasteiger partial charge in [0.25, 0.3) is 0 Å². The first-order valence-electron chi connectivity index (χ1n) is 1.75. The summed E-state index contributed by atoms with van der Waals surface area (Å²) in [5.41, 5.74) is 0. The van der Waals surface area contributed by atoms with Gasteiger partial charge in [-0.1, -0.05) is 0 Å². The maximum atomic E-state index is 9.99. The Morgan fingerprint density at radius 3 is 2.83 bits per heavy atom. The average molecular weight is 85.1 g/mol. The summed E-state index contributed by atoms with van der Waals surface area (Å²) in [7, 11) is 0. The number of hydrogen-bond acceptors (Lipinski definition) is 1. The molecule has 2 amide bonds. The van der Waals surface area contributed by atoms with Gasteiger partial charge in [-0.25, -0.2) is 4.79 Å². The Morgan fingerprint density at radius 2 is 2.67 bits per heavy atom. The van der Waals surface area contributed by atoms with Crippen molar-refractivity contribution in [1.29, 1.82) is 0 Å². The van der Waals surface area contributed by atoms with E-state index in [0.717, 1.165) is 0 Å². The zero-order chi connectivity index (χ0) is 4.41. The third-order valence-electron chi connectivity index (χ3n) is 0.598. The van der Waals surface area contributed by atoms with E-state index in [2.05, 4.69) is 10.6 Å². The van der Waals surface area contributed by atoms with Gasteiger partial charge in [-0.05, 0) is 0 Å². The van der Waals surface area contributed by atoms with E-state index in [1.165, 1.54) is 0 Å². The lowest BCUT2D eigenvalue weighted by Crippen LogP contribution is -2.19. The smallest absolute Gasteiger partial charge is 0.315 e. The molecule has 0 aromatic heterocycles. The first kappa shape index (κ1) is 3.46. The van der Waals surface area contributed by atoms with Gasteiger partial charge >= 0.3 is 6.03 Å². The van der Waals surface area contributed by atoms with Crippen LogP contribution in [0.1, 0.15) is 0 Å². The van der Waals surface area contributed by atoms with Gasteiger partial charge in [0, 0.05) is 6.54 Å². The van der Waals surface area contributed by atoms with Crippen molar-refractivity contribution in [3.05, 3.63) is 6.54 Å². The van der Waals surface area contributed by atoms with Crippen molar-refractivity contribution in [2.75, 3.05) is 6.54 Å². The van der Waals surface area contributed by atoms with Crippen LogP contribution in [0.4, 0.5) is 4.79 Å². The molecule has 0 aromatic rings. The van der Waals surface area contributed by atoms with Gasteiger partial charge in [-0.2, -0.15) is 0 Å². The van der Waals surface area contributed by atoms with Gasteiger partial charge < -0.3 is 10.6 Å². The van der Waals surface area contributed by atoms with Crippen LogP contribution in [-0.4, -0.2) is 12.6 Å². The number of amides is 2. The quantitative estimate of drug-likeness (QED) is 0.407. The van der Waals surface area contributed by atoms with Crippen LogP contribution in [0.15, 0.2) is 0 Å². The van der Waals surface area contributed by atoms with Crippen molar-refractivity contribution in [3.63, 3.8) is 0 Å². The summed E-state index contributed by atoms with van der Waals surface area (Å²) in [4.78, 5) is 9.99. The molecule has 1 heterocycles. The van der Waals surface area contributed by atoms with Crippen molar-refractivity contribution in [2.45, 2.75) is 0 Å². The topological polar surface area (TPSA) is 41.1 Å². The highest BCUT2D eigenvalue weighted by molar-refractivity contribution is 5.76. The molecule has 0 spiro atoms. The van der Waals surface area contributed by atoms with Crippen LogP contribution in [0.3, 0.4) is 0 Å². The predicted molar refractivity (Wildman–Crippen MR) is 20.8 cm³/mol. The van der Waals surface area contributed by atoms with Crippen LogP contribution < -0.4 is 10.6 Å². The van der Waals surface area contributed by atoms with Crippen molar-refractivity contribution < 1.29 is 4.79 Å². The lowest BCUT2D eigenvalue weighted by atomic mass is 10.7. The highest BCUT2D eigenvalue weighted by Gasteiger charge is 2.03. The molecular formula is C3H5N2O. The number of rotatable bonds is 0. The molecule has 0 unspecified atom stereocenters. The Balaban J connectivity index is 2.37. The third-order valence-corrected chi connectivity index (χ3v) is 0.598. The fourth-order valence-electron chi connectivity index (χ4n) is 0.338. The summed E-state index contributed by atoms with van der Waals surface area (Å²) < 4.78 is 0. The second-order valence-electron chi connectivity index (χ2n) is 1.06. The summed E-state index contributed by atoms with van der Waals surface area (Å²) in [5.74, 6) is 0. The minimum Gasteiger partial charge on any atom is -0.336 e. The van der Waals surface area contributed by atoms with Crippen LogP contribution in [-0.2, 0) is 0 Å². The zero-order valence-corrected chi connectivity index (χ0v) is 3.19. The maximum absolute atomic E-state index is 9.99. The van der Waals surface area contributed by atoms with Gasteiger partial charge in [0.2, 0.25) is 0 Å². The molecule has 6 heavy (non-hydrogen) atoms. The number of hydrogen-bond donors (Lipinski definition) is 2. The molecule has 0 atom stereocenters. The number of urea groups is 1. The normalized spacial score (nSPS) is 19.7. The number of nitrogens with one attached hydrogen (secondary N) is 2. The van der Waals surface area contributed by atoms with Crippen LogP contribution in [0.5, 0.6) is 0 Å². The maximum Gasteiger partial charge on any atom is 0.315 e. The second kappa shape index (κ2) is 1.16. The minimum atomic E-state index is -0.102. The minimum absolute atomic E-state index is 0.102. The first-order valence-corrected chi connectivity index (χ1v) is 1.75. The van der Waals surface area contributed by atoms with E-state index < -0.39 is 0 Å². The van der Waals surface area contributed by atoms with Crippen molar-refractivity contribution >= 4 is 6.03 Å². The van der Waals surface area contributed by atoms with Gasteiger partial charge in [-0.15, -0.1) is 0 Å². The Kier molecular flexibility index (Phi) is 0.670. The summed E-state index contributed by atoms with van der Waals surface area (Å²) in [5, 5.41) is 4.96. The van der Waals surface area contributed by atoms with Crippen molar-refractivity contribution in [2.24, 2.45) is 0 Å². The van der Waals surface area contributed by atoms with Gasteiger partial charge in [0.05, 0.1) is 6.54 Å². The molecule has 1 aliphatic heterocycles. The van der Waals surface area contributed by atoms with Crippen LogP contribution in [0.25, 0.3) is 0 Å². The molecule has 1 rings (SSSR count). The number of carbonyl (C=O) groups excluding carboxylic acids is 1. The highest BCUT2D eigenvalue weighted by Crippen LogP contribution is 1.76. The van der Waals surface area contributed by atoms with Gasteiger partial charge in [-0.3, -0.25) is 0 Å². The SMILES string of the molecule is O=C1N[CH]CN1. The van der Waals surface area contributed by atoms with Crippen molar-refractivity contribution in [1.82, 2.24) is 10.6 Å². The lowest BCUT2D eigenvalue weighted by molar-refractivity contribution is 0.249. The molecule has 0 aromatic carbocycles. The Labute approximate surface area is 35.7 Å². The second-order valence-corrected chi connectivity index (χ2v) is 1.06. The summed E-state index contributed by atoms with van der Waals surface area (Å²) >= 11 is 0. The molecule has 3 nitrogen and oxygen atoms in total. The molecule has 3 heteroatoms. The fraction of sp³-hybridized carbons (Fsp3) is 0.333. The molecule has 0 bridgehead atoms. The van der Waals surface area contributed by atoms with E-state index in [4.69, 9.17) is 0 Å². The van der Waals surface area contributed by atoms with Crippen molar-refractivity contribution in [3.8, 4) is 0 Å². The fourth-order valence-corrected chi connectivity index (χ4v) is 0.338. The van der Waals surface area contributed by atoms with E-state index in [-0.39, 0.29) is 6.03 Å². The summed E-state index contributed by atoms with van der Waals surface area (Å²) in [6.45, 7) is 2.32. The molecule has 0 saturated carbocycles. The van der Waals surface area contributed by atoms with Gasteiger partial charge in [0.1, 0.15) is 0 Å². The standard InChI is InChI=1S/C3H5N2O/c6-3-4-1-2-5-3/h1H,2H2,(H2,4,5,6). The summed E-state index contributed by atoms with van der Waals surface area (Å²) in [6.07, 6.45) is 0. The monoisotopic (exact) mass is 85.0 g/mol. The zero-order valence-electron chi connectivity index (χ0n) is 3.19. The molecule has 1 saturated heterocycles. The van der Waals surface area contributed by atoms with E-state index in [1.807, 2.05) is 0 Å². The van der Waals surface area contributed by atoms with E-state index in [1.54, 1.807) is 6.54 Å².